The molecule has 0 fully saturated rings. The van der Waals surface area contributed by atoms with Gasteiger partial charge in [0.05, 0.1) is 25.1 Å². The van der Waals surface area contributed by atoms with Crippen LogP contribution < -0.4 is 15.0 Å². The molecule has 1 aromatic heterocycles. The lowest BCUT2D eigenvalue weighted by Crippen LogP contribution is -2.21. The van der Waals surface area contributed by atoms with Crippen LogP contribution in [0.2, 0.25) is 0 Å². The van der Waals surface area contributed by atoms with Crippen LogP contribution in [0.5, 0.6) is 11.5 Å². The van der Waals surface area contributed by atoms with Crippen molar-refractivity contribution >= 4 is 10.9 Å². The van der Waals surface area contributed by atoms with Crippen molar-refractivity contribution in [3.05, 3.63) is 52.3 Å². The van der Waals surface area contributed by atoms with E-state index in [9.17, 15) is 4.79 Å². The Kier molecular flexibility index (Phi) is 3.08. The van der Waals surface area contributed by atoms with Gasteiger partial charge in [-0.2, -0.15) is 4.98 Å². The van der Waals surface area contributed by atoms with Crippen molar-refractivity contribution in [1.29, 1.82) is 0 Å². The molecule has 0 atom stereocenters. The molecule has 1 aliphatic heterocycles. The van der Waals surface area contributed by atoms with Crippen LogP contribution in [0.15, 0.2) is 41.2 Å². The summed E-state index contributed by atoms with van der Waals surface area (Å²) in [5.41, 5.74) is 2.76. The van der Waals surface area contributed by atoms with E-state index in [-0.39, 0.29) is 5.56 Å². The fourth-order valence-corrected chi connectivity index (χ4v) is 3.22. The van der Waals surface area contributed by atoms with E-state index in [0.29, 0.717) is 22.7 Å². The zero-order valence-corrected chi connectivity index (χ0v) is 13.0. The lowest BCUT2D eigenvalue weighted by atomic mass is 9.98. The van der Waals surface area contributed by atoms with E-state index in [2.05, 4.69) is 9.55 Å². The lowest BCUT2D eigenvalue weighted by Gasteiger charge is -2.24. The maximum absolute atomic E-state index is 12.4. The van der Waals surface area contributed by atoms with Crippen LogP contribution in [-0.4, -0.2) is 23.8 Å². The van der Waals surface area contributed by atoms with Crippen molar-refractivity contribution < 1.29 is 9.47 Å². The van der Waals surface area contributed by atoms with Gasteiger partial charge in [-0.25, -0.2) is 0 Å². The zero-order chi connectivity index (χ0) is 16.0. The van der Waals surface area contributed by atoms with Gasteiger partial charge >= 0.3 is 0 Å². The fraction of sp³-hybridized carbons (Fsp3) is 0.222. The lowest BCUT2D eigenvalue weighted by molar-refractivity contribution is 0.354. The Morgan fingerprint density at radius 2 is 1.83 bits per heavy atom. The first-order valence-electron chi connectivity index (χ1n) is 7.48. The highest BCUT2D eigenvalue weighted by Crippen LogP contribution is 2.38. The third-order valence-electron chi connectivity index (χ3n) is 4.34. The quantitative estimate of drug-likeness (QED) is 0.730. The van der Waals surface area contributed by atoms with Crippen LogP contribution in [0.1, 0.15) is 5.56 Å². The Morgan fingerprint density at radius 1 is 1.09 bits per heavy atom. The van der Waals surface area contributed by atoms with Crippen LogP contribution in [0.25, 0.3) is 22.3 Å². The van der Waals surface area contributed by atoms with E-state index >= 15 is 0 Å². The van der Waals surface area contributed by atoms with E-state index in [1.165, 1.54) is 0 Å². The minimum absolute atomic E-state index is 0.200. The number of para-hydroxylation sites is 1. The molecule has 0 N–H and O–H groups in total. The normalized spacial score (nSPS) is 12.6. The summed E-state index contributed by atoms with van der Waals surface area (Å²) in [6, 6.07) is 11.5. The van der Waals surface area contributed by atoms with Gasteiger partial charge in [0.2, 0.25) is 0 Å². The smallest absolute Gasteiger partial charge is 0.281 e. The maximum atomic E-state index is 12.4. The third kappa shape index (κ3) is 2.00. The summed E-state index contributed by atoms with van der Waals surface area (Å²) in [4.78, 5) is 16.7. The Labute approximate surface area is 133 Å². The van der Waals surface area contributed by atoms with Gasteiger partial charge in [-0.05, 0) is 36.2 Å². The van der Waals surface area contributed by atoms with Crippen molar-refractivity contribution in [3.63, 3.8) is 0 Å². The highest BCUT2D eigenvalue weighted by molar-refractivity contribution is 5.82. The molecule has 0 spiro atoms. The van der Waals surface area contributed by atoms with Gasteiger partial charge < -0.3 is 14.0 Å². The van der Waals surface area contributed by atoms with Crippen molar-refractivity contribution in [1.82, 2.24) is 9.55 Å². The highest BCUT2D eigenvalue weighted by Gasteiger charge is 2.22. The summed E-state index contributed by atoms with van der Waals surface area (Å²) in [7, 11) is 3.23. The first-order chi connectivity index (χ1) is 11.2. The van der Waals surface area contributed by atoms with Crippen LogP contribution >= 0.6 is 0 Å². The van der Waals surface area contributed by atoms with Crippen molar-refractivity contribution in [2.75, 3.05) is 14.2 Å². The summed E-state index contributed by atoms with van der Waals surface area (Å²) in [5, 5.41) is 0.653. The van der Waals surface area contributed by atoms with Gasteiger partial charge in [0.1, 0.15) is 5.82 Å². The van der Waals surface area contributed by atoms with Crippen LogP contribution in [0.4, 0.5) is 0 Å². The minimum atomic E-state index is -0.200. The number of aryl methyl sites for hydroxylation is 2. The predicted molar refractivity (Wildman–Crippen MR) is 88.2 cm³/mol. The first-order valence-corrected chi connectivity index (χ1v) is 7.48. The van der Waals surface area contributed by atoms with Gasteiger partial charge in [0.15, 0.2) is 11.5 Å². The molecule has 0 amide bonds. The number of nitrogens with zero attached hydrogens (tertiary/aromatic N) is 2. The van der Waals surface area contributed by atoms with Crippen molar-refractivity contribution in [2.24, 2.45) is 0 Å². The molecule has 0 radical (unpaired) electrons. The Morgan fingerprint density at radius 3 is 2.61 bits per heavy atom. The molecular weight excluding hydrogens is 292 g/mol. The second kappa shape index (κ2) is 5.12. The zero-order valence-electron chi connectivity index (χ0n) is 13.0. The summed E-state index contributed by atoms with van der Waals surface area (Å²) in [6.45, 7) is 0.783. The first kappa shape index (κ1) is 13.8. The Hall–Kier alpha value is -2.82. The van der Waals surface area contributed by atoms with Crippen molar-refractivity contribution in [3.8, 4) is 22.9 Å². The topological polar surface area (TPSA) is 53.4 Å². The van der Waals surface area contributed by atoms with Gasteiger partial charge in [-0.3, -0.25) is 4.79 Å². The average Bonchev–Trinajstić information content (AvgIpc) is 2.60. The molecule has 4 rings (SSSR count). The molecule has 5 nitrogen and oxygen atoms in total. The number of hydrogen-bond acceptors (Lipinski definition) is 4. The van der Waals surface area contributed by atoms with E-state index in [1.54, 1.807) is 14.2 Å². The van der Waals surface area contributed by atoms with Crippen LogP contribution in [0.3, 0.4) is 0 Å². The largest absolute Gasteiger partial charge is 0.493 e. The Bertz CT molecular complexity index is 976. The van der Waals surface area contributed by atoms with Gasteiger partial charge in [-0.15, -0.1) is 0 Å². The number of methoxy groups -OCH3 is 2. The number of ether oxygens (including phenoxy) is 2. The molecule has 116 valence electrons. The molecular formula is C18H16N2O3. The van der Waals surface area contributed by atoms with E-state index in [1.807, 2.05) is 36.4 Å². The predicted octanol–water partition coefficient (Wildman–Crippen LogP) is 2.64. The van der Waals surface area contributed by atoms with Crippen LogP contribution in [0, 0.1) is 0 Å². The molecule has 23 heavy (non-hydrogen) atoms. The summed E-state index contributed by atoms with van der Waals surface area (Å²) >= 11 is 0. The number of hydrogen-bond donors (Lipinski definition) is 0. The third-order valence-corrected chi connectivity index (χ3v) is 4.34. The molecule has 1 aliphatic rings. The molecule has 0 saturated heterocycles. The molecule has 0 bridgehead atoms. The van der Waals surface area contributed by atoms with E-state index in [0.717, 1.165) is 29.6 Å². The molecule has 5 heteroatoms. The molecule has 0 unspecified atom stereocenters. The standard InChI is InChI=1S/C18H16N2O3/c1-22-15-9-11-7-8-20-14-6-4-3-5-12(14)18(21)19-17(20)13(11)10-16(15)23-2/h3-6,9-10H,7-8H2,1-2H3. The summed E-state index contributed by atoms with van der Waals surface area (Å²) < 4.78 is 12.9. The number of rotatable bonds is 2. The summed E-state index contributed by atoms with van der Waals surface area (Å²) in [6.07, 6.45) is 0.858. The Balaban J connectivity index is 2.05. The molecule has 0 aliphatic carbocycles. The second-order valence-corrected chi connectivity index (χ2v) is 5.52. The van der Waals surface area contributed by atoms with E-state index < -0.39 is 0 Å². The SMILES string of the molecule is COc1cc2c(cc1OC)-c1nc(=O)c3ccccc3n1CC2. The average molecular weight is 308 g/mol. The highest BCUT2D eigenvalue weighted by atomic mass is 16.5. The van der Waals surface area contributed by atoms with Gasteiger partial charge in [-0.1, -0.05) is 12.1 Å². The summed E-state index contributed by atoms with van der Waals surface area (Å²) in [5.74, 6) is 2.03. The molecule has 3 aromatic rings. The molecule has 2 heterocycles. The van der Waals surface area contributed by atoms with Crippen LogP contribution in [-0.2, 0) is 13.0 Å². The second-order valence-electron chi connectivity index (χ2n) is 5.52. The van der Waals surface area contributed by atoms with Gasteiger partial charge in [0, 0.05) is 12.1 Å². The number of benzene rings is 2. The number of aromatic nitrogens is 2. The maximum Gasteiger partial charge on any atom is 0.281 e. The van der Waals surface area contributed by atoms with Gasteiger partial charge in [0.25, 0.3) is 5.56 Å². The van der Waals surface area contributed by atoms with Crippen molar-refractivity contribution in [2.45, 2.75) is 13.0 Å². The fourth-order valence-electron chi connectivity index (χ4n) is 3.22. The monoisotopic (exact) mass is 308 g/mol. The minimum Gasteiger partial charge on any atom is -0.493 e. The molecule has 2 aromatic carbocycles. The number of fused-ring (bicyclic) bond motifs is 5. The van der Waals surface area contributed by atoms with E-state index in [4.69, 9.17) is 9.47 Å². The molecule has 0 saturated carbocycles.